The lowest BCUT2D eigenvalue weighted by Crippen LogP contribution is -2.45. The summed E-state index contributed by atoms with van der Waals surface area (Å²) in [5.74, 6) is -0.349. The number of amides is 1. The number of carbonyl (C=O) groups excluding carboxylic acids is 2. The average Bonchev–Trinajstić information content (AvgIpc) is 2.76. The summed E-state index contributed by atoms with van der Waals surface area (Å²) in [5.41, 5.74) is -0.0940. The Kier molecular flexibility index (Phi) is 7.96. The van der Waals surface area contributed by atoms with E-state index >= 15 is 0 Å². The van der Waals surface area contributed by atoms with E-state index in [9.17, 15) is 18.0 Å². The number of esters is 1. The van der Waals surface area contributed by atoms with Crippen molar-refractivity contribution in [2.75, 3.05) is 32.9 Å². The first kappa shape index (κ1) is 24.0. The number of benzene rings is 1. The van der Waals surface area contributed by atoms with E-state index in [0.29, 0.717) is 25.0 Å². The van der Waals surface area contributed by atoms with Crippen LogP contribution in [-0.2, 0) is 24.3 Å². The SMILES string of the molecule is C[C@@H]1[C@H](C)CCC[C@H]1NC(=O)COC(=O)c1cc(S(=O)(=O)N2CCOCC2)ccc1Cl. The summed E-state index contributed by atoms with van der Waals surface area (Å²) in [6, 6.07) is 3.94. The Morgan fingerprint density at radius 2 is 1.94 bits per heavy atom. The van der Waals surface area contributed by atoms with Crippen LogP contribution in [0.3, 0.4) is 0 Å². The number of carbonyl (C=O) groups is 2. The Morgan fingerprint density at radius 1 is 1.23 bits per heavy atom. The first-order chi connectivity index (χ1) is 14.7. The molecule has 2 aliphatic rings. The van der Waals surface area contributed by atoms with E-state index in [4.69, 9.17) is 21.1 Å². The molecule has 0 radical (unpaired) electrons. The number of morpholine rings is 1. The summed E-state index contributed by atoms with van der Waals surface area (Å²) in [7, 11) is -3.79. The molecule has 0 spiro atoms. The maximum Gasteiger partial charge on any atom is 0.340 e. The Hall–Kier alpha value is -1.68. The lowest BCUT2D eigenvalue weighted by molar-refractivity contribution is -0.125. The van der Waals surface area contributed by atoms with Crippen molar-refractivity contribution in [3.63, 3.8) is 0 Å². The number of nitrogens with zero attached hydrogens (tertiary/aromatic N) is 1. The Morgan fingerprint density at radius 3 is 2.65 bits per heavy atom. The van der Waals surface area contributed by atoms with Gasteiger partial charge in [-0.05, 0) is 36.5 Å². The third-order valence-electron chi connectivity index (χ3n) is 6.15. The van der Waals surface area contributed by atoms with Gasteiger partial charge in [0.25, 0.3) is 5.91 Å². The molecule has 0 aromatic heterocycles. The van der Waals surface area contributed by atoms with Crippen LogP contribution in [0.15, 0.2) is 23.1 Å². The van der Waals surface area contributed by atoms with Gasteiger partial charge in [-0.2, -0.15) is 4.31 Å². The van der Waals surface area contributed by atoms with Gasteiger partial charge in [0.1, 0.15) is 0 Å². The van der Waals surface area contributed by atoms with E-state index in [1.807, 2.05) is 0 Å². The van der Waals surface area contributed by atoms with E-state index in [2.05, 4.69) is 19.2 Å². The highest BCUT2D eigenvalue weighted by atomic mass is 35.5. The highest BCUT2D eigenvalue weighted by molar-refractivity contribution is 7.89. The first-order valence-electron chi connectivity index (χ1n) is 10.5. The molecule has 1 saturated carbocycles. The van der Waals surface area contributed by atoms with Crippen molar-refractivity contribution < 1.29 is 27.5 Å². The summed E-state index contributed by atoms with van der Waals surface area (Å²) in [6.07, 6.45) is 3.10. The number of hydrogen-bond donors (Lipinski definition) is 1. The Labute approximate surface area is 188 Å². The normalized spacial score (nSPS) is 25.1. The van der Waals surface area contributed by atoms with Gasteiger partial charge in [0.05, 0.1) is 28.7 Å². The van der Waals surface area contributed by atoms with Crippen LogP contribution in [0.25, 0.3) is 0 Å². The minimum atomic E-state index is -3.79. The predicted octanol–water partition coefficient (Wildman–Crippen LogP) is 2.46. The molecule has 1 saturated heterocycles. The van der Waals surface area contributed by atoms with Gasteiger partial charge in [0, 0.05) is 19.1 Å². The van der Waals surface area contributed by atoms with E-state index in [1.54, 1.807) is 0 Å². The van der Waals surface area contributed by atoms with E-state index in [-0.39, 0.29) is 40.5 Å². The van der Waals surface area contributed by atoms with Gasteiger partial charge >= 0.3 is 5.97 Å². The van der Waals surface area contributed by atoms with Crippen LogP contribution < -0.4 is 5.32 Å². The molecular weight excluding hydrogens is 444 g/mol. The maximum absolute atomic E-state index is 12.8. The maximum atomic E-state index is 12.8. The topological polar surface area (TPSA) is 102 Å². The molecule has 10 heteroatoms. The molecule has 1 heterocycles. The molecule has 0 unspecified atom stereocenters. The van der Waals surface area contributed by atoms with Crippen LogP contribution in [0.2, 0.25) is 5.02 Å². The van der Waals surface area contributed by atoms with Gasteiger partial charge in [-0.25, -0.2) is 13.2 Å². The van der Waals surface area contributed by atoms with Gasteiger partial charge < -0.3 is 14.8 Å². The zero-order valence-corrected chi connectivity index (χ0v) is 19.4. The lowest BCUT2D eigenvalue weighted by atomic mass is 9.78. The summed E-state index contributed by atoms with van der Waals surface area (Å²) < 4.78 is 37.3. The third kappa shape index (κ3) is 5.77. The molecule has 0 bridgehead atoms. The average molecular weight is 473 g/mol. The molecule has 3 rings (SSSR count). The number of hydrogen-bond acceptors (Lipinski definition) is 6. The monoisotopic (exact) mass is 472 g/mol. The molecular formula is C21H29ClN2O6S. The lowest BCUT2D eigenvalue weighted by Gasteiger charge is -2.34. The summed E-state index contributed by atoms with van der Waals surface area (Å²) in [5, 5.41) is 2.99. The van der Waals surface area contributed by atoms with E-state index in [0.717, 1.165) is 19.3 Å². The molecule has 1 aliphatic carbocycles. The van der Waals surface area contributed by atoms with Crippen molar-refractivity contribution in [1.29, 1.82) is 0 Å². The van der Waals surface area contributed by atoms with E-state index < -0.39 is 22.6 Å². The molecule has 1 aromatic carbocycles. The van der Waals surface area contributed by atoms with Gasteiger partial charge in [0.15, 0.2) is 6.61 Å². The van der Waals surface area contributed by atoms with Crippen molar-refractivity contribution in [1.82, 2.24) is 9.62 Å². The van der Waals surface area contributed by atoms with Gasteiger partial charge in [0.2, 0.25) is 10.0 Å². The fourth-order valence-electron chi connectivity index (χ4n) is 4.00. The van der Waals surface area contributed by atoms with Crippen LogP contribution in [0, 0.1) is 11.8 Å². The fraction of sp³-hybridized carbons (Fsp3) is 0.619. The van der Waals surface area contributed by atoms with Crippen LogP contribution in [-0.4, -0.2) is 63.6 Å². The van der Waals surface area contributed by atoms with Crippen molar-refractivity contribution >= 4 is 33.5 Å². The molecule has 2 fully saturated rings. The summed E-state index contributed by atoms with van der Waals surface area (Å²) in [4.78, 5) is 24.7. The van der Waals surface area contributed by atoms with Gasteiger partial charge in [-0.15, -0.1) is 0 Å². The summed E-state index contributed by atoms with van der Waals surface area (Å²) in [6.45, 7) is 4.94. The molecule has 172 valence electrons. The second-order valence-electron chi connectivity index (χ2n) is 8.18. The second-order valence-corrected chi connectivity index (χ2v) is 10.5. The number of sulfonamides is 1. The highest BCUT2D eigenvalue weighted by Gasteiger charge is 2.29. The van der Waals surface area contributed by atoms with Crippen molar-refractivity contribution in [3.8, 4) is 0 Å². The number of nitrogens with one attached hydrogen (secondary N) is 1. The summed E-state index contributed by atoms with van der Waals surface area (Å²) >= 11 is 6.10. The standard InChI is InChI=1S/C21H29ClN2O6S/c1-14-4-3-5-19(15(14)2)23-20(25)13-30-21(26)17-12-16(6-7-18(17)22)31(27,28)24-8-10-29-11-9-24/h6-7,12,14-15,19H,3-5,8-11,13H2,1-2H3,(H,23,25)/t14-,15-,19-/m1/s1. The Balaban J connectivity index is 1.63. The fourth-order valence-corrected chi connectivity index (χ4v) is 5.63. The van der Waals surface area contributed by atoms with Gasteiger partial charge in [-0.3, -0.25) is 4.79 Å². The first-order valence-corrected chi connectivity index (χ1v) is 12.4. The third-order valence-corrected chi connectivity index (χ3v) is 8.38. The van der Waals surface area contributed by atoms with Crippen molar-refractivity contribution in [2.45, 2.75) is 44.0 Å². The van der Waals surface area contributed by atoms with Gasteiger partial charge in [-0.1, -0.05) is 38.3 Å². The quantitative estimate of drug-likeness (QED) is 0.638. The Bertz CT molecular complexity index is 916. The van der Waals surface area contributed by atoms with Crippen molar-refractivity contribution in [2.24, 2.45) is 11.8 Å². The zero-order valence-electron chi connectivity index (χ0n) is 17.8. The molecule has 1 N–H and O–H groups in total. The molecule has 31 heavy (non-hydrogen) atoms. The van der Waals surface area contributed by atoms with E-state index in [1.165, 1.54) is 22.5 Å². The molecule has 1 aromatic rings. The predicted molar refractivity (Wildman–Crippen MR) is 115 cm³/mol. The highest BCUT2D eigenvalue weighted by Crippen LogP contribution is 2.29. The minimum absolute atomic E-state index is 0.0554. The number of ether oxygens (including phenoxy) is 2. The molecule has 3 atom stereocenters. The zero-order chi connectivity index (χ0) is 22.6. The van der Waals surface area contributed by atoms with Crippen LogP contribution in [0.5, 0.6) is 0 Å². The molecule has 1 amide bonds. The van der Waals surface area contributed by atoms with Crippen molar-refractivity contribution in [3.05, 3.63) is 28.8 Å². The van der Waals surface area contributed by atoms with Crippen LogP contribution >= 0.6 is 11.6 Å². The number of rotatable bonds is 6. The van der Waals surface area contributed by atoms with Crippen LogP contribution in [0.1, 0.15) is 43.5 Å². The smallest absolute Gasteiger partial charge is 0.340 e. The molecule has 8 nitrogen and oxygen atoms in total. The number of halogens is 1. The van der Waals surface area contributed by atoms with Crippen LogP contribution in [0.4, 0.5) is 0 Å². The molecule has 1 aliphatic heterocycles. The second kappa shape index (κ2) is 10.3. The minimum Gasteiger partial charge on any atom is -0.452 e. The largest absolute Gasteiger partial charge is 0.452 e.